The smallest absolute Gasteiger partial charge is 0.239 e. The number of benzene rings is 1. The molecule has 2 aliphatic rings. The highest BCUT2D eigenvalue weighted by molar-refractivity contribution is 8.01. The molecule has 0 spiro atoms. The Balaban J connectivity index is 0.00000161. The highest BCUT2D eigenvalue weighted by atomic mass is 35.5. The van der Waals surface area contributed by atoms with E-state index in [4.69, 9.17) is 4.74 Å². The Hall–Kier alpha value is -0.750. The number of thioether (sulfide) groups is 1. The molecule has 0 aromatic heterocycles. The standard InChI is InChI=1S/C15H20N2O2S.ClH/c18-14(13-10-19-9-8-16-13)17-11-15(6-7-15)20-12-4-2-1-3-5-12;/h1-5,13,16H,6-11H2,(H,17,18);1H. The molecule has 0 radical (unpaired) electrons. The summed E-state index contributed by atoms with van der Waals surface area (Å²) >= 11 is 1.88. The number of hydrogen-bond acceptors (Lipinski definition) is 4. The predicted molar refractivity (Wildman–Crippen MR) is 87.1 cm³/mol. The number of hydrogen-bond donors (Lipinski definition) is 2. The zero-order valence-corrected chi connectivity index (χ0v) is 13.5. The van der Waals surface area contributed by atoms with E-state index in [-0.39, 0.29) is 29.1 Å². The minimum atomic E-state index is -0.193. The molecule has 1 saturated carbocycles. The fraction of sp³-hybridized carbons (Fsp3) is 0.533. The molecule has 0 bridgehead atoms. The molecule has 21 heavy (non-hydrogen) atoms. The van der Waals surface area contributed by atoms with E-state index >= 15 is 0 Å². The van der Waals surface area contributed by atoms with Gasteiger partial charge in [0, 0.05) is 22.7 Å². The van der Waals surface area contributed by atoms with Crippen LogP contribution in [0.2, 0.25) is 0 Å². The summed E-state index contributed by atoms with van der Waals surface area (Å²) in [5.74, 6) is 0.0598. The molecule has 3 rings (SSSR count). The third-order valence-corrected chi connectivity index (χ3v) is 5.20. The van der Waals surface area contributed by atoms with Gasteiger partial charge in [0.05, 0.1) is 13.2 Å². The third-order valence-electron chi connectivity index (χ3n) is 3.71. The quantitative estimate of drug-likeness (QED) is 0.866. The average molecular weight is 329 g/mol. The lowest BCUT2D eigenvalue weighted by molar-refractivity contribution is -0.125. The molecule has 1 aliphatic heterocycles. The van der Waals surface area contributed by atoms with E-state index in [9.17, 15) is 4.79 Å². The van der Waals surface area contributed by atoms with Crippen molar-refractivity contribution in [2.75, 3.05) is 26.3 Å². The summed E-state index contributed by atoms with van der Waals surface area (Å²) < 4.78 is 5.52. The summed E-state index contributed by atoms with van der Waals surface area (Å²) in [5, 5.41) is 6.25. The van der Waals surface area contributed by atoms with Gasteiger partial charge in [-0.3, -0.25) is 4.79 Å². The summed E-state index contributed by atoms with van der Waals surface area (Å²) in [6.45, 7) is 2.66. The number of carbonyl (C=O) groups excluding carboxylic acids is 1. The second-order valence-corrected chi connectivity index (χ2v) is 6.94. The zero-order valence-electron chi connectivity index (χ0n) is 11.8. The maximum atomic E-state index is 12.1. The van der Waals surface area contributed by atoms with Gasteiger partial charge in [-0.2, -0.15) is 0 Å². The van der Waals surface area contributed by atoms with E-state index in [1.807, 2.05) is 17.8 Å². The highest BCUT2D eigenvalue weighted by Crippen LogP contribution is 2.51. The minimum absolute atomic E-state index is 0. The van der Waals surface area contributed by atoms with E-state index in [2.05, 4.69) is 34.9 Å². The third kappa shape index (κ3) is 4.61. The number of carbonyl (C=O) groups is 1. The fourth-order valence-corrected chi connectivity index (χ4v) is 3.54. The molecule has 1 aromatic rings. The van der Waals surface area contributed by atoms with Crippen molar-refractivity contribution in [3.05, 3.63) is 30.3 Å². The average Bonchev–Trinajstić information content (AvgIpc) is 3.27. The van der Waals surface area contributed by atoms with Gasteiger partial charge in [-0.05, 0) is 25.0 Å². The Morgan fingerprint density at radius 3 is 2.76 bits per heavy atom. The molecule has 1 saturated heterocycles. The SMILES string of the molecule is Cl.O=C(NCC1(Sc2ccccc2)CC1)C1COCCN1. The van der Waals surface area contributed by atoms with Crippen molar-refractivity contribution in [3.63, 3.8) is 0 Å². The van der Waals surface area contributed by atoms with Crippen molar-refractivity contribution in [1.82, 2.24) is 10.6 Å². The lowest BCUT2D eigenvalue weighted by Gasteiger charge is -2.24. The van der Waals surface area contributed by atoms with Crippen LogP contribution in [0.25, 0.3) is 0 Å². The Bertz CT molecular complexity index is 462. The van der Waals surface area contributed by atoms with Crippen LogP contribution in [0.5, 0.6) is 0 Å². The highest BCUT2D eigenvalue weighted by Gasteiger charge is 2.44. The normalized spacial score (nSPS) is 23.0. The van der Waals surface area contributed by atoms with Gasteiger partial charge in [0.2, 0.25) is 5.91 Å². The van der Waals surface area contributed by atoms with Crippen molar-refractivity contribution in [2.45, 2.75) is 28.5 Å². The second-order valence-electron chi connectivity index (χ2n) is 5.40. The molecule has 1 aliphatic carbocycles. The van der Waals surface area contributed by atoms with Crippen molar-refractivity contribution in [2.24, 2.45) is 0 Å². The molecular formula is C15H21ClN2O2S. The van der Waals surface area contributed by atoms with Crippen molar-refractivity contribution in [1.29, 1.82) is 0 Å². The van der Waals surface area contributed by atoms with Gasteiger partial charge in [0.25, 0.3) is 0 Å². The van der Waals surface area contributed by atoms with Gasteiger partial charge < -0.3 is 15.4 Å². The Morgan fingerprint density at radius 2 is 2.14 bits per heavy atom. The number of rotatable bonds is 5. The first-order chi connectivity index (χ1) is 9.77. The molecule has 1 atom stereocenters. The van der Waals surface area contributed by atoms with Gasteiger partial charge in [-0.1, -0.05) is 18.2 Å². The Kier molecular flexibility index (Phi) is 5.93. The molecule has 4 nitrogen and oxygen atoms in total. The molecular weight excluding hydrogens is 308 g/mol. The molecule has 2 N–H and O–H groups in total. The predicted octanol–water partition coefficient (Wildman–Crippen LogP) is 1.84. The van der Waals surface area contributed by atoms with Crippen LogP contribution in [0.4, 0.5) is 0 Å². The van der Waals surface area contributed by atoms with E-state index in [1.165, 1.54) is 17.7 Å². The summed E-state index contributed by atoms with van der Waals surface area (Å²) in [7, 11) is 0. The zero-order chi connectivity index (χ0) is 13.8. The lowest BCUT2D eigenvalue weighted by atomic mass is 10.2. The van der Waals surface area contributed by atoms with Gasteiger partial charge in [0.1, 0.15) is 6.04 Å². The van der Waals surface area contributed by atoms with Crippen LogP contribution in [0.1, 0.15) is 12.8 Å². The van der Waals surface area contributed by atoms with Crippen molar-refractivity contribution >= 4 is 30.1 Å². The largest absolute Gasteiger partial charge is 0.378 e. The summed E-state index contributed by atoms with van der Waals surface area (Å²) in [4.78, 5) is 13.3. The topological polar surface area (TPSA) is 50.4 Å². The van der Waals surface area contributed by atoms with Crippen molar-refractivity contribution in [3.8, 4) is 0 Å². The monoisotopic (exact) mass is 328 g/mol. The van der Waals surface area contributed by atoms with Crippen LogP contribution in [-0.4, -0.2) is 43.0 Å². The van der Waals surface area contributed by atoms with E-state index in [0.717, 1.165) is 13.1 Å². The molecule has 1 heterocycles. The van der Waals surface area contributed by atoms with Gasteiger partial charge in [-0.15, -0.1) is 24.2 Å². The lowest BCUT2D eigenvalue weighted by Crippen LogP contribution is -2.52. The molecule has 1 unspecified atom stereocenters. The Labute approximate surface area is 135 Å². The molecule has 2 fully saturated rings. The van der Waals surface area contributed by atoms with Gasteiger partial charge in [0.15, 0.2) is 0 Å². The van der Waals surface area contributed by atoms with Crippen LogP contribution in [0, 0.1) is 0 Å². The number of ether oxygens (including phenoxy) is 1. The van der Waals surface area contributed by atoms with Crippen LogP contribution in [-0.2, 0) is 9.53 Å². The Morgan fingerprint density at radius 1 is 1.38 bits per heavy atom. The fourth-order valence-electron chi connectivity index (χ4n) is 2.30. The minimum Gasteiger partial charge on any atom is -0.378 e. The van der Waals surface area contributed by atoms with Gasteiger partial charge in [-0.25, -0.2) is 0 Å². The number of morpholine rings is 1. The van der Waals surface area contributed by atoms with Crippen LogP contribution < -0.4 is 10.6 Å². The second kappa shape index (κ2) is 7.49. The van der Waals surface area contributed by atoms with E-state index < -0.39 is 0 Å². The number of nitrogens with one attached hydrogen (secondary N) is 2. The van der Waals surface area contributed by atoms with E-state index in [1.54, 1.807) is 0 Å². The molecule has 116 valence electrons. The first kappa shape index (κ1) is 16.6. The first-order valence-corrected chi connectivity index (χ1v) is 7.92. The van der Waals surface area contributed by atoms with Crippen LogP contribution >= 0.6 is 24.2 Å². The summed E-state index contributed by atoms with van der Waals surface area (Å²) in [6.07, 6.45) is 2.34. The number of amides is 1. The first-order valence-electron chi connectivity index (χ1n) is 7.10. The maximum Gasteiger partial charge on any atom is 0.239 e. The molecule has 1 aromatic carbocycles. The van der Waals surface area contributed by atoms with Crippen LogP contribution in [0.3, 0.4) is 0 Å². The van der Waals surface area contributed by atoms with Gasteiger partial charge >= 0.3 is 0 Å². The van der Waals surface area contributed by atoms with Crippen molar-refractivity contribution < 1.29 is 9.53 Å². The maximum absolute atomic E-state index is 12.1. The molecule has 6 heteroatoms. The summed E-state index contributed by atoms with van der Waals surface area (Å²) in [6, 6.07) is 10.2. The van der Waals surface area contributed by atoms with E-state index in [0.29, 0.717) is 13.2 Å². The molecule has 1 amide bonds. The van der Waals surface area contributed by atoms with Crippen LogP contribution in [0.15, 0.2) is 35.2 Å². The number of halogens is 1. The summed E-state index contributed by atoms with van der Waals surface area (Å²) in [5.41, 5.74) is 0.